The predicted octanol–water partition coefficient (Wildman–Crippen LogP) is 0.468. The third-order valence-corrected chi connectivity index (χ3v) is 14.1. The van der Waals surface area contributed by atoms with E-state index in [4.69, 9.17) is 43.6 Å². The highest BCUT2D eigenvalue weighted by molar-refractivity contribution is 7.46. The average molecular weight is 1060 g/mol. The first kappa shape index (κ1) is 53.9. The van der Waals surface area contributed by atoms with E-state index in [0.717, 1.165) is 52.3 Å². The smallest absolute Gasteiger partial charge is 0.471 e. The van der Waals surface area contributed by atoms with Crippen LogP contribution in [0.1, 0.15) is 79.3 Å². The third kappa shape index (κ3) is 10.6. The van der Waals surface area contributed by atoms with Crippen LogP contribution in [-0.4, -0.2) is 77.9 Å². The number of carbonyl (C=O) groups is 3. The Bertz CT molecular complexity index is 3220. The number of esters is 2. The lowest BCUT2D eigenvalue weighted by molar-refractivity contribution is -0.439. The van der Waals surface area contributed by atoms with Gasteiger partial charge in [-0.05, 0) is 62.1 Å². The zero-order chi connectivity index (χ0) is 53.3. The van der Waals surface area contributed by atoms with E-state index >= 15 is 0 Å². The number of pyridine rings is 4. The van der Waals surface area contributed by atoms with Gasteiger partial charge >= 0.3 is 19.8 Å². The summed E-state index contributed by atoms with van der Waals surface area (Å²) in [6.45, 7) is 2.59. The molecule has 0 saturated heterocycles. The van der Waals surface area contributed by atoms with E-state index < -0.39 is 64.4 Å². The molecule has 10 rings (SSSR count). The number of carboxylic acids is 1. The number of aliphatic carboxylic acids is 1. The maximum Gasteiger partial charge on any atom is 0.471 e. The van der Waals surface area contributed by atoms with Gasteiger partial charge in [-0.15, -0.1) is 0 Å². The minimum absolute atomic E-state index is 0.0394. The lowest BCUT2D eigenvalue weighted by Gasteiger charge is -2.36. The maximum absolute atomic E-state index is 13.3. The van der Waals surface area contributed by atoms with E-state index in [-0.39, 0.29) is 53.9 Å². The second-order valence-electron chi connectivity index (χ2n) is 17.6. The molecular weight excluding hydrogens is 1010 g/mol. The van der Waals surface area contributed by atoms with E-state index in [1.54, 1.807) is 35.1 Å². The first-order valence-electron chi connectivity index (χ1n) is 23.3. The Labute approximate surface area is 420 Å². The van der Waals surface area contributed by atoms with Gasteiger partial charge in [0.1, 0.15) is 19.3 Å². The van der Waals surface area contributed by atoms with Gasteiger partial charge in [0.2, 0.25) is 0 Å². The summed E-state index contributed by atoms with van der Waals surface area (Å²) in [5, 5.41) is 12.0. The molecule has 4 aliphatic rings. The van der Waals surface area contributed by atoms with Crippen LogP contribution in [0.4, 0.5) is 0 Å². The van der Waals surface area contributed by atoms with Crippen molar-refractivity contribution >= 4 is 55.4 Å². The van der Waals surface area contributed by atoms with E-state index in [0.29, 0.717) is 47.8 Å². The van der Waals surface area contributed by atoms with E-state index in [9.17, 15) is 43.1 Å². The molecule has 0 amide bonds. The molecule has 0 radical (unpaired) electrons. The number of fused-ring (bicyclic) bond motifs is 10. The van der Waals surface area contributed by atoms with Crippen molar-refractivity contribution in [3.05, 3.63) is 127 Å². The number of hydrogen-bond donors (Lipinski definition) is 5. The monoisotopic (exact) mass is 1060 g/mol. The van der Waals surface area contributed by atoms with Crippen molar-refractivity contribution in [2.45, 2.75) is 89.5 Å². The topological polar surface area (TPSA) is 373 Å². The Balaban J connectivity index is 0.000000167. The average Bonchev–Trinajstić information content (AvgIpc) is 3.91. The zero-order valence-corrected chi connectivity index (χ0v) is 41.8. The summed E-state index contributed by atoms with van der Waals surface area (Å²) in [5.74, 6) is -2.58. The van der Waals surface area contributed by atoms with Crippen molar-refractivity contribution in [2.24, 2.45) is 0 Å². The number of hydrogen-bond acceptors (Lipinski definition) is 17. The summed E-state index contributed by atoms with van der Waals surface area (Å²) in [6, 6.07) is 22.0. The molecule has 0 fully saturated rings. The Kier molecular flexibility index (Phi) is 15.6. The number of benzene rings is 2. The number of unbranched alkanes of at least 4 members (excludes halogenated alkanes) is 1. The first-order valence-corrected chi connectivity index (χ1v) is 26.3. The van der Waals surface area contributed by atoms with Crippen molar-refractivity contribution in [2.75, 3.05) is 20.1 Å². The Morgan fingerprint density at radius 2 is 1.19 bits per heavy atom. The van der Waals surface area contributed by atoms with Gasteiger partial charge < -0.3 is 69.0 Å². The van der Waals surface area contributed by atoms with Gasteiger partial charge in [-0.2, -0.15) is 0 Å². The molecule has 2 aromatic carbocycles. The summed E-state index contributed by atoms with van der Waals surface area (Å²) in [4.78, 5) is 109. The van der Waals surface area contributed by atoms with Crippen molar-refractivity contribution < 1.29 is 87.7 Å². The molecule has 0 saturated carbocycles. The minimum Gasteiger partial charge on any atom is -0.756 e. The Morgan fingerprint density at radius 3 is 1.59 bits per heavy atom. The molecule has 8 heterocycles. The van der Waals surface area contributed by atoms with Gasteiger partial charge in [0.15, 0.2) is 24.8 Å². The van der Waals surface area contributed by atoms with E-state index in [1.807, 2.05) is 60.7 Å². The normalized spacial score (nSPS) is 19.2. The maximum atomic E-state index is 13.3. The molecule has 4 aliphatic heterocycles. The number of carbonyl (C=O) groups excluding carboxylic acids is 3. The predicted molar refractivity (Wildman–Crippen MR) is 254 cm³/mol. The number of ether oxygens (including phenoxy) is 4. The van der Waals surface area contributed by atoms with Crippen molar-refractivity contribution in [1.29, 1.82) is 0 Å². The first-order chi connectivity index (χ1) is 35.1. The molecule has 0 spiro atoms. The zero-order valence-electron chi connectivity index (χ0n) is 40.1. The number of rotatable bonds is 15. The molecule has 4 atom stereocenters. The number of phosphoric ester groups is 2. The number of carboxylic acid groups (broad SMARTS) is 1. The summed E-state index contributed by atoms with van der Waals surface area (Å²) >= 11 is 0. The van der Waals surface area contributed by atoms with Crippen molar-refractivity contribution in [3.8, 4) is 22.8 Å². The van der Waals surface area contributed by atoms with Crippen LogP contribution in [0.2, 0.25) is 0 Å². The van der Waals surface area contributed by atoms with Crippen LogP contribution < -0.4 is 32.6 Å². The van der Waals surface area contributed by atoms with Crippen LogP contribution >= 0.6 is 15.6 Å². The molecule has 2 unspecified atom stereocenters. The van der Waals surface area contributed by atoms with Gasteiger partial charge in [-0.3, -0.25) is 23.2 Å². The fourth-order valence-corrected chi connectivity index (χ4v) is 9.76. The fourth-order valence-electron chi connectivity index (χ4n) is 9.38. The molecule has 0 bridgehead atoms. The van der Waals surface area contributed by atoms with Gasteiger partial charge in [0.25, 0.3) is 18.9 Å². The van der Waals surface area contributed by atoms with Crippen LogP contribution in [0.15, 0.2) is 82.4 Å². The van der Waals surface area contributed by atoms with Crippen LogP contribution in [0, 0.1) is 0 Å². The third-order valence-electron chi connectivity index (χ3n) is 13.2. The number of para-hydroxylation sites is 2. The lowest BCUT2D eigenvalue weighted by atomic mass is 9.85. The van der Waals surface area contributed by atoms with Gasteiger partial charge in [0.05, 0.1) is 70.5 Å². The summed E-state index contributed by atoms with van der Waals surface area (Å²) in [5.41, 5.74) is 9.59. The molecule has 4 aromatic heterocycles. The van der Waals surface area contributed by atoms with Gasteiger partial charge in [-0.1, -0.05) is 50.2 Å². The molecule has 26 heteroatoms. The highest BCUT2D eigenvalue weighted by Gasteiger charge is 2.50. The van der Waals surface area contributed by atoms with Crippen LogP contribution in [0.3, 0.4) is 0 Å². The van der Waals surface area contributed by atoms with Gasteiger partial charge in [0, 0.05) is 39.4 Å². The Hall–Kier alpha value is -6.37. The molecular formula is C48H52N6O18P2. The number of nitrogens with zero attached hydrogens (tertiary/aromatic N) is 4. The second-order valence-corrected chi connectivity index (χ2v) is 20.1. The van der Waals surface area contributed by atoms with Crippen LogP contribution in [-0.2, 0) is 89.0 Å². The van der Waals surface area contributed by atoms with Gasteiger partial charge in [-0.25, -0.2) is 24.1 Å². The lowest BCUT2D eigenvalue weighted by Crippen LogP contribution is -2.68. The molecule has 392 valence electrons. The van der Waals surface area contributed by atoms with Crippen molar-refractivity contribution in [1.82, 2.24) is 19.1 Å². The van der Waals surface area contributed by atoms with Crippen molar-refractivity contribution in [3.63, 3.8) is 0 Å². The molecule has 9 N–H and O–H groups in total. The summed E-state index contributed by atoms with van der Waals surface area (Å²) in [6.07, 6.45) is 2.56. The quantitative estimate of drug-likeness (QED) is 0.0403. The summed E-state index contributed by atoms with van der Waals surface area (Å²) in [7, 11) is -9.89. The highest BCUT2D eigenvalue weighted by atomic mass is 31.2. The molecule has 0 aliphatic carbocycles. The second kappa shape index (κ2) is 21.5. The molecule has 24 nitrogen and oxygen atoms in total. The van der Waals surface area contributed by atoms with Crippen LogP contribution in [0.25, 0.3) is 44.6 Å². The number of phosphoric acid groups is 2. The Morgan fingerprint density at radius 1 is 0.743 bits per heavy atom. The minimum atomic E-state index is -5.07. The number of cyclic esters (lactones) is 2. The van der Waals surface area contributed by atoms with E-state index in [2.05, 4.69) is 20.5 Å². The number of aromatic nitrogens is 4. The molecule has 6 aromatic rings. The molecule has 74 heavy (non-hydrogen) atoms. The summed E-state index contributed by atoms with van der Waals surface area (Å²) < 4.78 is 55.3. The largest absolute Gasteiger partial charge is 0.756 e. The SMILES string of the molecule is CC[C@@]1(OCOP(=O)(O)O)C(=O)OCc2c1cc1n(c2=O)Cc2cc3ccccc3nc2-1.CC[C@@]1(OCOP(=O)([O-])O)C(=O)OCc2c1cc1n(c2=O)Cc2cc3ccccc3nc2-1.[NH3+]CCCCC([NH3+])C(=O)[O-]. The van der Waals surface area contributed by atoms with Crippen LogP contribution in [0.5, 0.6) is 0 Å². The number of quaternary nitrogens is 2. The standard InChI is InChI=1S/2C21H19N2O8P.C6H14N2O2/c2*1-2-21(30-11-31-32(26,27)28)15-8-17-18-13(7-12-5-3-4-6-16(12)22-18)9-23(17)19(24)14(15)10-29-20(21)25;7-4-2-1-3-5(8)6(9)10/h2*3-8H,2,9-11H2,1H3,(H2,26,27,28);5H,1-4,7-8H2,(H,9,10)/t2*21-;/m00./s1. The fraction of sp³-hybridized carbons (Fsp3) is 0.354. The highest BCUT2D eigenvalue weighted by Crippen LogP contribution is 2.44. The van der Waals surface area contributed by atoms with E-state index in [1.165, 1.54) is 0 Å².